The molecule has 0 spiro atoms. The number of rotatable bonds is 2. The van der Waals surface area contributed by atoms with Gasteiger partial charge in [0.1, 0.15) is 18.0 Å². The van der Waals surface area contributed by atoms with E-state index in [9.17, 15) is 4.79 Å². The molecule has 1 aliphatic heterocycles. The van der Waals surface area contributed by atoms with Gasteiger partial charge < -0.3 is 9.80 Å². The van der Waals surface area contributed by atoms with E-state index in [2.05, 4.69) is 25.3 Å². The highest BCUT2D eigenvalue weighted by Crippen LogP contribution is 2.28. The zero-order valence-corrected chi connectivity index (χ0v) is 15.0. The molecule has 0 aromatic carbocycles. The van der Waals surface area contributed by atoms with Crippen molar-refractivity contribution in [3.8, 4) is 0 Å². The van der Waals surface area contributed by atoms with Crippen LogP contribution in [0, 0.1) is 6.92 Å². The topological polar surface area (TPSA) is 79.2 Å². The van der Waals surface area contributed by atoms with E-state index in [0.717, 1.165) is 34.8 Å². The van der Waals surface area contributed by atoms with Gasteiger partial charge >= 0.3 is 6.03 Å². The third kappa shape index (κ3) is 3.02. The van der Waals surface area contributed by atoms with Crippen molar-refractivity contribution >= 4 is 39.2 Å². The van der Waals surface area contributed by atoms with Crippen molar-refractivity contribution in [3.63, 3.8) is 0 Å². The number of thiophene rings is 1. The largest absolute Gasteiger partial charge is 0.352 e. The average molecular weight is 357 g/mol. The lowest BCUT2D eigenvalue weighted by Gasteiger charge is -2.35. The summed E-state index contributed by atoms with van der Waals surface area (Å²) in [5.74, 6) is 1.67. The van der Waals surface area contributed by atoms with Gasteiger partial charge in [0.05, 0.1) is 15.9 Å². The Labute approximate surface area is 149 Å². The van der Waals surface area contributed by atoms with Crippen LogP contribution in [0.1, 0.15) is 5.69 Å². The molecule has 1 fully saturated rings. The Balaban J connectivity index is 1.42. The van der Waals surface area contributed by atoms with Crippen molar-refractivity contribution in [1.82, 2.24) is 24.6 Å². The van der Waals surface area contributed by atoms with Gasteiger partial charge in [-0.3, -0.25) is 10.00 Å². The number of carbonyl (C=O) groups excluding carboxylic acids is 1. The predicted molar refractivity (Wildman–Crippen MR) is 98.2 cm³/mol. The third-order valence-electron chi connectivity index (χ3n) is 4.33. The molecule has 0 unspecified atom stereocenters. The fourth-order valence-corrected chi connectivity index (χ4v) is 3.90. The van der Waals surface area contributed by atoms with Crippen LogP contribution in [-0.2, 0) is 7.05 Å². The van der Waals surface area contributed by atoms with Crippen molar-refractivity contribution in [3.05, 3.63) is 29.5 Å². The number of anilines is 2. The standard InChI is InChI=1S/C16H19N7OS/c1-11-9-13(21(2)20-11)19-16(24)23-6-4-22(5-7-23)15-14-12(3-8-25-14)17-10-18-15/h3,8-10H,4-7H2,1-2H3,(H,19,24). The maximum atomic E-state index is 12.5. The van der Waals surface area contributed by atoms with Crippen LogP contribution in [0.2, 0.25) is 0 Å². The first kappa shape index (κ1) is 15.8. The number of aromatic nitrogens is 4. The first-order valence-electron chi connectivity index (χ1n) is 8.11. The molecular formula is C16H19N7OS. The molecule has 0 radical (unpaired) electrons. The molecule has 1 aliphatic rings. The summed E-state index contributed by atoms with van der Waals surface area (Å²) in [5.41, 5.74) is 1.85. The van der Waals surface area contributed by atoms with Crippen molar-refractivity contribution in [2.75, 3.05) is 36.4 Å². The average Bonchev–Trinajstić information content (AvgIpc) is 3.21. The number of nitrogens with zero attached hydrogens (tertiary/aromatic N) is 6. The molecule has 0 aliphatic carbocycles. The van der Waals surface area contributed by atoms with E-state index in [4.69, 9.17) is 0 Å². The van der Waals surface area contributed by atoms with Crippen LogP contribution in [0.3, 0.4) is 0 Å². The molecule has 25 heavy (non-hydrogen) atoms. The number of nitrogens with one attached hydrogen (secondary N) is 1. The molecule has 8 nitrogen and oxygen atoms in total. The van der Waals surface area contributed by atoms with E-state index in [1.54, 1.807) is 22.3 Å². The van der Waals surface area contributed by atoms with Gasteiger partial charge in [-0.1, -0.05) is 0 Å². The molecule has 1 N–H and O–H groups in total. The number of urea groups is 1. The second-order valence-electron chi connectivity index (χ2n) is 6.03. The lowest BCUT2D eigenvalue weighted by atomic mass is 10.3. The van der Waals surface area contributed by atoms with Gasteiger partial charge in [0.25, 0.3) is 0 Å². The number of amides is 2. The number of hydrogen-bond donors (Lipinski definition) is 1. The van der Waals surface area contributed by atoms with Gasteiger partial charge in [0.15, 0.2) is 0 Å². The smallest absolute Gasteiger partial charge is 0.323 e. The van der Waals surface area contributed by atoms with Crippen LogP contribution in [-0.4, -0.2) is 56.9 Å². The molecular weight excluding hydrogens is 338 g/mol. The lowest BCUT2D eigenvalue weighted by molar-refractivity contribution is 0.208. The van der Waals surface area contributed by atoms with Crippen LogP contribution in [0.15, 0.2) is 23.8 Å². The van der Waals surface area contributed by atoms with E-state index in [1.165, 1.54) is 0 Å². The molecule has 0 bridgehead atoms. The fourth-order valence-electron chi connectivity index (χ4n) is 3.04. The van der Waals surface area contributed by atoms with E-state index in [-0.39, 0.29) is 6.03 Å². The van der Waals surface area contributed by atoms with Gasteiger partial charge in [-0.15, -0.1) is 11.3 Å². The summed E-state index contributed by atoms with van der Waals surface area (Å²) in [4.78, 5) is 25.3. The minimum absolute atomic E-state index is 0.0911. The van der Waals surface area contributed by atoms with E-state index < -0.39 is 0 Å². The molecule has 4 rings (SSSR count). The molecule has 9 heteroatoms. The van der Waals surface area contributed by atoms with Crippen molar-refractivity contribution in [2.24, 2.45) is 7.05 Å². The second kappa shape index (κ2) is 6.32. The Bertz CT molecular complexity index is 910. The van der Waals surface area contributed by atoms with Crippen molar-refractivity contribution < 1.29 is 4.79 Å². The van der Waals surface area contributed by atoms with Crippen LogP contribution in [0.25, 0.3) is 10.2 Å². The van der Waals surface area contributed by atoms with E-state index in [0.29, 0.717) is 18.9 Å². The number of piperazine rings is 1. The SMILES string of the molecule is Cc1cc(NC(=O)N2CCN(c3ncnc4ccsc34)CC2)n(C)n1. The van der Waals surface area contributed by atoms with E-state index >= 15 is 0 Å². The first-order valence-corrected chi connectivity index (χ1v) is 8.99. The minimum atomic E-state index is -0.0911. The molecule has 1 saturated heterocycles. The third-order valence-corrected chi connectivity index (χ3v) is 5.23. The van der Waals surface area contributed by atoms with Crippen LogP contribution < -0.4 is 10.2 Å². The van der Waals surface area contributed by atoms with Gasteiger partial charge in [-0.05, 0) is 18.4 Å². The van der Waals surface area contributed by atoms with Crippen molar-refractivity contribution in [2.45, 2.75) is 6.92 Å². The van der Waals surface area contributed by atoms with Gasteiger partial charge in [-0.2, -0.15) is 5.10 Å². The summed E-state index contributed by atoms with van der Waals surface area (Å²) in [7, 11) is 1.82. The second-order valence-corrected chi connectivity index (χ2v) is 6.95. The van der Waals surface area contributed by atoms with Gasteiger partial charge in [0, 0.05) is 39.3 Å². The minimum Gasteiger partial charge on any atom is -0.352 e. The van der Waals surface area contributed by atoms with Crippen LogP contribution in [0.5, 0.6) is 0 Å². The predicted octanol–water partition coefficient (Wildman–Crippen LogP) is 2.09. The van der Waals surface area contributed by atoms with Crippen LogP contribution >= 0.6 is 11.3 Å². The quantitative estimate of drug-likeness (QED) is 0.760. The lowest BCUT2D eigenvalue weighted by Crippen LogP contribution is -2.50. The Morgan fingerprint density at radius 2 is 2.04 bits per heavy atom. The maximum Gasteiger partial charge on any atom is 0.323 e. The Kier molecular flexibility index (Phi) is 4.00. The molecule has 4 heterocycles. The Morgan fingerprint density at radius 3 is 2.76 bits per heavy atom. The van der Waals surface area contributed by atoms with E-state index in [1.807, 2.05) is 36.4 Å². The molecule has 3 aromatic rings. The van der Waals surface area contributed by atoms with Gasteiger partial charge in [0.2, 0.25) is 0 Å². The van der Waals surface area contributed by atoms with Crippen molar-refractivity contribution in [1.29, 1.82) is 0 Å². The monoisotopic (exact) mass is 357 g/mol. The highest BCUT2D eigenvalue weighted by molar-refractivity contribution is 7.17. The number of hydrogen-bond acceptors (Lipinski definition) is 6. The molecule has 130 valence electrons. The van der Waals surface area contributed by atoms with Gasteiger partial charge in [-0.25, -0.2) is 14.8 Å². The highest BCUT2D eigenvalue weighted by atomic mass is 32.1. The highest BCUT2D eigenvalue weighted by Gasteiger charge is 2.24. The molecule has 2 amide bonds. The summed E-state index contributed by atoms with van der Waals surface area (Å²) in [5, 5.41) is 9.20. The molecule has 3 aromatic heterocycles. The molecule has 0 atom stereocenters. The summed E-state index contributed by atoms with van der Waals surface area (Å²) >= 11 is 1.65. The normalized spacial score (nSPS) is 15.0. The maximum absolute atomic E-state index is 12.5. The zero-order valence-electron chi connectivity index (χ0n) is 14.1. The summed E-state index contributed by atoms with van der Waals surface area (Å²) in [6.45, 7) is 4.71. The first-order chi connectivity index (χ1) is 12.1. The van der Waals surface area contributed by atoms with Crippen LogP contribution in [0.4, 0.5) is 16.4 Å². The fraction of sp³-hybridized carbons (Fsp3) is 0.375. The number of aryl methyl sites for hydroxylation is 2. The Hall–Kier alpha value is -2.68. The number of carbonyl (C=O) groups is 1. The summed E-state index contributed by atoms with van der Waals surface area (Å²) in [6.07, 6.45) is 1.61. The summed E-state index contributed by atoms with van der Waals surface area (Å²) in [6, 6.07) is 3.78. The Morgan fingerprint density at radius 1 is 1.24 bits per heavy atom. The molecule has 0 saturated carbocycles. The summed E-state index contributed by atoms with van der Waals surface area (Å²) < 4.78 is 2.78. The number of fused-ring (bicyclic) bond motifs is 1. The zero-order chi connectivity index (χ0) is 17.4.